The average Bonchev–Trinajstić information content (AvgIpc) is 3.45. The molecule has 4 rings (SSSR count). The van der Waals surface area contributed by atoms with Gasteiger partial charge < -0.3 is 9.84 Å². The van der Waals surface area contributed by atoms with E-state index in [1.165, 1.54) is 18.2 Å². The zero-order valence-electron chi connectivity index (χ0n) is 16.9. The molecule has 0 aromatic heterocycles. The number of hydrogen-bond acceptors (Lipinski definition) is 5. The topological polar surface area (TPSA) is 116 Å². The molecule has 2 aliphatic carbocycles. The maximum atomic E-state index is 15.1. The number of halogens is 2. The van der Waals surface area contributed by atoms with Gasteiger partial charge in [0.05, 0.1) is 27.9 Å². The van der Waals surface area contributed by atoms with E-state index in [2.05, 4.69) is 4.72 Å². The van der Waals surface area contributed by atoms with Crippen molar-refractivity contribution in [1.29, 1.82) is 5.26 Å². The lowest BCUT2D eigenvalue weighted by Crippen LogP contribution is -2.20. The van der Waals surface area contributed by atoms with Crippen LogP contribution in [-0.4, -0.2) is 25.6 Å². The second-order valence-electron chi connectivity index (χ2n) is 7.99. The Labute approximate surface area is 189 Å². The van der Waals surface area contributed by atoms with Crippen molar-refractivity contribution in [3.63, 3.8) is 0 Å². The van der Waals surface area contributed by atoms with Crippen LogP contribution in [0.15, 0.2) is 29.2 Å². The molecule has 0 unspecified atom stereocenters. The van der Waals surface area contributed by atoms with Crippen LogP contribution in [0.2, 0.25) is 5.02 Å². The van der Waals surface area contributed by atoms with Gasteiger partial charge in [0, 0.05) is 6.07 Å². The standard InChI is InChI=1S/C22H20ClFN2O5S/c23-17-10-19(31-14-3-1-2-4-14)18(9-13(17)11-25)26-32(29,30)21-15(12-5-6-12)7-8-16(20(21)24)22(27)28/h7-10,12,14,26H,1-6H2,(H,27,28). The number of aromatic carboxylic acids is 1. The largest absolute Gasteiger partial charge is 0.488 e. The lowest BCUT2D eigenvalue weighted by atomic mass is 10.1. The zero-order chi connectivity index (χ0) is 23.0. The first-order chi connectivity index (χ1) is 15.2. The van der Waals surface area contributed by atoms with Gasteiger partial charge in [-0.15, -0.1) is 0 Å². The Bertz CT molecular complexity index is 1230. The number of nitrogens with one attached hydrogen (secondary N) is 1. The maximum Gasteiger partial charge on any atom is 0.338 e. The predicted molar refractivity (Wildman–Crippen MR) is 115 cm³/mol. The van der Waals surface area contributed by atoms with Crippen LogP contribution in [0.3, 0.4) is 0 Å². The molecule has 0 heterocycles. The van der Waals surface area contributed by atoms with Gasteiger partial charge >= 0.3 is 5.97 Å². The summed E-state index contributed by atoms with van der Waals surface area (Å²) in [7, 11) is -4.55. The van der Waals surface area contributed by atoms with Crippen LogP contribution in [0, 0.1) is 17.1 Å². The van der Waals surface area contributed by atoms with Gasteiger partial charge in [-0.3, -0.25) is 4.72 Å². The highest BCUT2D eigenvalue weighted by molar-refractivity contribution is 7.92. The van der Waals surface area contributed by atoms with E-state index in [1.54, 1.807) is 0 Å². The van der Waals surface area contributed by atoms with Crippen LogP contribution in [0.5, 0.6) is 5.75 Å². The first-order valence-corrected chi connectivity index (χ1v) is 12.1. The SMILES string of the molecule is N#Cc1cc(NS(=O)(=O)c2c(C3CC3)ccc(C(=O)O)c2F)c(OC2CCCC2)cc1Cl. The summed E-state index contributed by atoms with van der Waals surface area (Å²) in [4.78, 5) is 10.7. The first kappa shape index (κ1) is 22.4. The Morgan fingerprint density at radius 3 is 2.50 bits per heavy atom. The molecule has 2 saturated carbocycles. The molecule has 0 spiro atoms. The van der Waals surface area contributed by atoms with E-state index in [9.17, 15) is 23.6 Å². The fourth-order valence-electron chi connectivity index (χ4n) is 3.92. The number of sulfonamides is 1. The van der Waals surface area contributed by atoms with Crippen LogP contribution in [-0.2, 0) is 10.0 Å². The van der Waals surface area contributed by atoms with E-state index >= 15 is 4.39 Å². The molecule has 10 heteroatoms. The molecule has 168 valence electrons. The van der Waals surface area contributed by atoms with E-state index < -0.39 is 32.3 Å². The molecule has 2 aromatic carbocycles. The highest BCUT2D eigenvalue weighted by atomic mass is 35.5. The highest BCUT2D eigenvalue weighted by Gasteiger charge is 2.35. The van der Waals surface area contributed by atoms with Crippen molar-refractivity contribution in [3.05, 3.63) is 51.8 Å². The van der Waals surface area contributed by atoms with Crippen LogP contribution in [0.1, 0.15) is 65.9 Å². The summed E-state index contributed by atoms with van der Waals surface area (Å²) in [5.74, 6) is -2.91. The van der Waals surface area contributed by atoms with Crippen LogP contribution in [0.25, 0.3) is 0 Å². The van der Waals surface area contributed by atoms with Crippen molar-refractivity contribution in [2.24, 2.45) is 0 Å². The van der Waals surface area contributed by atoms with Crippen molar-refractivity contribution >= 4 is 33.3 Å². The van der Waals surface area contributed by atoms with Crippen molar-refractivity contribution in [1.82, 2.24) is 0 Å². The molecular formula is C22H20ClFN2O5S. The summed E-state index contributed by atoms with van der Waals surface area (Å²) in [6.07, 6.45) is 4.79. The molecule has 0 radical (unpaired) electrons. The molecule has 0 amide bonds. The molecule has 2 N–H and O–H groups in total. The highest BCUT2D eigenvalue weighted by Crippen LogP contribution is 2.45. The fourth-order valence-corrected chi connectivity index (χ4v) is 5.56. The van der Waals surface area contributed by atoms with Crippen molar-refractivity contribution in [2.75, 3.05) is 4.72 Å². The number of benzene rings is 2. The number of rotatable bonds is 7. The predicted octanol–water partition coefficient (Wildman–Crippen LogP) is 5.05. The molecule has 0 atom stereocenters. The van der Waals surface area contributed by atoms with E-state index in [-0.39, 0.29) is 39.6 Å². The van der Waals surface area contributed by atoms with Gasteiger partial charge in [0.1, 0.15) is 16.7 Å². The minimum Gasteiger partial charge on any atom is -0.488 e. The number of ether oxygens (including phenoxy) is 1. The summed E-state index contributed by atoms with van der Waals surface area (Å²) in [5, 5.41) is 18.7. The molecule has 32 heavy (non-hydrogen) atoms. The summed E-state index contributed by atoms with van der Waals surface area (Å²) in [5.41, 5.74) is -0.538. The molecule has 2 aromatic rings. The number of nitriles is 1. The van der Waals surface area contributed by atoms with Crippen LogP contribution in [0.4, 0.5) is 10.1 Å². The number of anilines is 1. The second-order valence-corrected chi connectivity index (χ2v) is 10.0. The normalized spacial score (nSPS) is 16.5. The minimum atomic E-state index is -4.55. The summed E-state index contributed by atoms with van der Waals surface area (Å²) >= 11 is 6.13. The Morgan fingerprint density at radius 2 is 1.91 bits per heavy atom. The number of hydrogen-bond donors (Lipinski definition) is 2. The Balaban J connectivity index is 1.79. The van der Waals surface area contributed by atoms with Crippen molar-refractivity contribution in [3.8, 4) is 11.8 Å². The molecule has 7 nitrogen and oxygen atoms in total. The monoisotopic (exact) mass is 478 g/mol. The number of carbonyl (C=O) groups is 1. The zero-order valence-corrected chi connectivity index (χ0v) is 18.5. The molecule has 2 fully saturated rings. The molecular weight excluding hydrogens is 459 g/mol. The Morgan fingerprint density at radius 1 is 1.22 bits per heavy atom. The van der Waals surface area contributed by atoms with Gasteiger partial charge in [0.2, 0.25) is 0 Å². The Hall–Kier alpha value is -2.83. The summed E-state index contributed by atoms with van der Waals surface area (Å²) < 4.78 is 50.0. The number of carboxylic acid groups (broad SMARTS) is 1. The smallest absolute Gasteiger partial charge is 0.338 e. The lowest BCUT2D eigenvalue weighted by molar-refractivity contribution is 0.0691. The van der Waals surface area contributed by atoms with E-state index in [0.29, 0.717) is 12.8 Å². The number of nitrogens with zero attached hydrogens (tertiary/aromatic N) is 1. The molecule has 0 bridgehead atoms. The summed E-state index contributed by atoms with van der Waals surface area (Å²) in [6, 6.07) is 6.91. The molecule has 2 aliphatic rings. The van der Waals surface area contributed by atoms with Gasteiger partial charge in [-0.05, 0) is 62.1 Å². The number of carboxylic acids is 1. The minimum absolute atomic E-state index is 0.0188. The third-order valence-corrected chi connectivity index (χ3v) is 7.43. The molecule has 0 saturated heterocycles. The first-order valence-electron chi connectivity index (χ1n) is 10.2. The lowest BCUT2D eigenvalue weighted by Gasteiger charge is -2.19. The summed E-state index contributed by atoms with van der Waals surface area (Å²) in [6.45, 7) is 0. The quantitative estimate of drug-likeness (QED) is 0.575. The average molecular weight is 479 g/mol. The van der Waals surface area contributed by atoms with Gasteiger partial charge in [-0.1, -0.05) is 17.7 Å². The van der Waals surface area contributed by atoms with Crippen LogP contribution >= 0.6 is 11.6 Å². The van der Waals surface area contributed by atoms with Gasteiger partial charge in [0.15, 0.2) is 5.82 Å². The van der Waals surface area contributed by atoms with E-state index in [4.69, 9.17) is 16.3 Å². The van der Waals surface area contributed by atoms with Crippen molar-refractivity contribution in [2.45, 2.75) is 55.4 Å². The second kappa shape index (κ2) is 8.60. The van der Waals surface area contributed by atoms with Crippen LogP contribution < -0.4 is 9.46 Å². The third-order valence-electron chi connectivity index (χ3n) is 5.67. The fraction of sp³-hybridized carbons (Fsp3) is 0.364. The van der Waals surface area contributed by atoms with Gasteiger partial charge in [-0.25, -0.2) is 17.6 Å². The third kappa shape index (κ3) is 4.38. The van der Waals surface area contributed by atoms with E-state index in [1.807, 2.05) is 6.07 Å². The van der Waals surface area contributed by atoms with Gasteiger partial charge in [-0.2, -0.15) is 5.26 Å². The van der Waals surface area contributed by atoms with Crippen molar-refractivity contribution < 1.29 is 27.4 Å². The maximum absolute atomic E-state index is 15.1. The Kier molecular flexibility index (Phi) is 6.01. The van der Waals surface area contributed by atoms with Gasteiger partial charge in [0.25, 0.3) is 10.0 Å². The molecule has 0 aliphatic heterocycles. The van der Waals surface area contributed by atoms with E-state index in [0.717, 1.165) is 31.7 Å².